The van der Waals surface area contributed by atoms with Crippen LogP contribution in [0.3, 0.4) is 0 Å². The predicted octanol–water partition coefficient (Wildman–Crippen LogP) is 1.64. The molecule has 0 aromatic heterocycles. The van der Waals surface area contributed by atoms with Crippen LogP contribution in [0.1, 0.15) is 5.56 Å². The molecule has 0 spiro atoms. The van der Waals surface area contributed by atoms with Crippen molar-refractivity contribution in [2.45, 2.75) is 0 Å². The SMILES string of the molecule is COc1cccc(C(N)=CC=N)c1. The molecule has 0 aliphatic rings. The van der Waals surface area contributed by atoms with Gasteiger partial charge in [0.15, 0.2) is 0 Å². The quantitative estimate of drug-likeness (QED) is 0.688. The molecule has 0 bridgehead atoms. The fraction of sp³-hybridized carbons (Fsp3) is 0.100. The molecule has 0 radical (unpaired) electrons. The highest BCUT2D eigenvalue weighted by Gasteiger charge is 1.96. The largest absolute Gasteiger partial charge is 0.497 e. The van der Waals surface area contributed by atoms with E-state index in [4.69, 9.17) is 15.9 Å². The van der Waals surface area contributed by atoms with Crippen molar-refractivity contribution in [2.75, 3.05) is 7.11 Å². The van der Waals surface area contributed by atoms with E-state index in [-0.39, 0.29) is 0 Å². The summed E-state index contributed by atoms with van der Waals surface area (Å²) in [6.07, 6.45) is 2.70. The second-order valence-electron chi connectivity index (χ2n) is 2.52. The molecule has 0 fully saturated rings. The second kappa shape index (κ2) is 4.30. The summed E-state index contributed by atoms with van der Waals surface area (Å²) in [4.78, 5) is 0. The average Bonchev–Trinajstić information content (AvgIpc) is 2.18. The number of hydrogen-bond donors (Lipinski definition) is 2. The molecule has 1 rings (SSSR count). The molecule has 0 aliphatic heterocycles. The fourth-order valence-electron chi connectivity index (χ4n) is 0.989. The molecule has 0 heterocycles. The number of methoxy groups -OCH3 is 1. The molecule has 0 unspecified atom stereocenters. The van der Waals surface area contributed by atoms with E-state index in [2.05, 4.69) is 0 Å². The highest BCUT2D eigenvalue weighted by atomic mass is 16.5. The van der Waals surface area contributed by atoms with Crippen molar-refractivity contribution in [3.8, 4) is 5.75 Å². The first-order chi connectivity index (χ1) is 6.27. The molecule has 1 aromatic carbocycles. The van der Waals surface area contributed by atoms with Gasteiger partial charge in [-0.2, -0.15) is 0 Å². The summed E-state index contributed by atoms with van der Waals surface area (Å²) < 4.78 is 5.04. The van der Waals surface area contributed by atoms with Crippen LogP contribution in [-0.2, 0) is 0 Å². The number of rotatable bonds is 3. The Hall–Kier alpha value is -1.77. The summed E-state index contributed by atoms with van der Waals surface area (Å²) in [5.41, 5.74) is 7.11. The summed E-state index contributed by atoms with van der Waals surface area (Å²) in [7, 11) is 1.61. The van der Waals surface area contributed by atoms with Crippen molar-refractivity contribution >= 4 is 11.9 Å². The van der Waals surface area contributed by atoms with Crippen LogP contribution in [0.25, 0.3) is 5.70 Å². The number of ether oxygens (including phenoxy) is 1. The van der Waals surface area contributed by atoms with Crippen molar-refractivity contribution in [3.63, 3.8) is 0 Å². The van der Waals surface area contributed by atoms with Gasteiger partial charge < -0.3 is 15.9 Å². The molecule has 0 saturated carbocycles. The van der Waals surface area contributed by atoms with E-state index >= 15 is 0 Å². The summed E-state index contributed by atoms with van der Waals surface area (Å²) in [5.74, 6) is 0.763. The topological polar surface area (TPSA) is 59.1 Å². The van der Waals surface area contributed by atoms with Gasteiger partial charge in [-0.1, -0.05) is 12.1 Å². The monoisotopic (exact) mass is 176 g/mol. The van der Waals surface area contributed by atoms with E-state index in [1.54, 1.807) is 7.11 Å². The number of benzene rings is 1. The lowest BCUT2D eigenvalue weighted by Crippen LogP contribution is -1.96. The van der Waals surface area contributed by atoms with Gasteiger partial charge in [0.25, 0.3) is 0 Å². The maximum absolute atomic E-state index is 6.87. The van der Waals surface area contributed by atoms with Crippen molar-refractivity contribution in [3.05, 3.63) is 35.9 Å². The van der Waals surface area contributed by atoms with Gasteiger partial charge >= 0.3 is 0 Å². The van der Waals surface area contributed by atoms with E-state index in [0.717, 1.165) is 17.5 Å². The average molecular weight is 176 g/mol. The first-order valence-electron chi connectivity index (χ1n) is 3.88. The molecule has 3 N–H and O–H groups in total. The fourth-order valence-corrected chi connectivity index (χ4v) is 0.989. The molecule has 0 aliphatic carbocycles. The maximum Gasteiger partial charge on any atom is 0.119 e. The minimum Gasteiger partial charge on any atom is -0.497 e. The third-order valence-corrected chi connectivity index (χ3v) is 1.67. The van der Waals surface area contributed by atoms with Gasteiger partial charge in [0.05, 0.1) is 7.11 Å². The van der Waals surface area contributed by atoms with Gasteiger partial charge in [-0.3, -0.25) is 0 Å². The molecule has 0 atom stereocenters. The van der Waals surface area contributed by atoms with E-state index in [9.17, 15) is 0 Å². The zero-order valence-electron chi connectivity index (χ0n) is 7.45. The van der Waals surface area contributed by atoms with Crippen LogP contribution in [-0.4, -0.2) is 13.3 Å². The maximum atomic E-state index is 6.87. The Morgan fingerprint density at radius 1 is 1.54 bits per heavy atom. The first-order valence-corrected chi connectivity index (χ1v) is 3.88. The molecule has 3 nitrogen and oxygen atoms in total. The zero-order valence-corrected chi connectivity index (χ0v) is 7.45. The third kappa shape index (κ3) is 2.33. The van der Waals surface area contributed by atoms with Gasteiger partial charge in [0, 0.05) is 17.5 Å². The highest BCUT2D eigenvalue weighted by Crippen LogP contribution is 2.16. The van der Waals surface area contributed by atoms with Gasteiger partial charge in [0.2, 0.25) is 0 Å². The Labute approximate surface area is 77.3 Å². The number of nitrogens with two attached hydrogens (primary N) is 1. The normalized spacial score (nSPS) is 11.0. The van der Waals surface area contributed by atoms with E-state index < -0.39 is 0 Å². The molecule has 0 amide bonds. The summed E-state index contributed by atoms with van der Waals surface area (Å²) in [5, 5.41) is 6.87. The first kappa shape index (κ1) is 9.32. The number of nitrogens with one attached hydrogen (secondary N) is 1. The van der Waals surface area contributed by atoms with E-state index in [1.807, 2.05) is 24.3 Å². The lowest BCUT2D eigenvalue weighted by Gasteiger charge is -2.03. The number of hydrogen-bond acceptors (Lipinski definition) is 3. The van der Waals surface area contributed by atoms with Crippen molar-refractivity contribution in [2.24, 2.45) is 5.73 Å². The van der Waals surface area contributed by atoms with Crippen LogP contribution < -0.4 is 10.5 Å². The predicted molar refractivity (Wildman–Crippen MR) is 53.9 cm³/mol. The Kier molecular flexibility index (Phi) is 3.09. The van der Waals surface area contributed by atoms with Gasteiger partial charge in [-0.25, -0.2) is 0 Å². The van der Waals surface area contributed by atoms with Gasteiger partial charge in [-0.15, -0.1) is 0 Å². The Balaban J connectivity index is 3.01. The summed E-state index contributed by atoms with van der Waals surface area (Å²) in [6, 6.07) is 7.41. The summed E-state index contributed by atoms with van der Waals surface area (Å²) >= 11 is 0. The standard InChI is InChI=1S/C10H12N2O/c1-13-9-4-2-3-8(7-9)10(12)5-6-11/h2-7,11H,12H2,1H3. The van der Waals surface area contributed by atoms with Crippen molar-refractivity contribution in [1.29, 1.82) is 5.41 Å². The van der Waals surface area contributed by atoms with Crippen LogP contribution >= 0.6 is 0 Å². The molecule has 0 saturated heterocycles. The Morgan fingerprint density at radius 2 is 2.31 bits per heavy atom. The Bertz CT molecular complexity index is 331. The minimum absolute atomic E-state index is 0.564. The Morgan fingerprint density at radius 3 is 2.92 bits per heavy atom. The lowest BCUT2D eigenvalue weighted by atomic mass is 10.1. The molecular formula is C10H12N2O. The van der Waals surface area contributed by atoms with Crippen LogP contribution in [0.4, 0.5) is 0 Å². The van der Waals surface area contributed by atoms with Gasteiger partial charge in [-0.05, 0) is 18.2 Å². The van der Waals surface area contributed by atoms with Crippen molar-refractivity contribution < 1.29 is 4.74 Å². The third-order valence-electron chi connectivity index (χ3n) is 1.67. The van der Waals surface area contributed by atoms with Crippen LogP contribution in [0.15, 0.2) is 30.3 Å². The zero-order chi connectivity index (χ0) is 9.68. The number of allylic oxidation sites excluding steroid dienone is 1. The smallest absolute Gasteiger partial charge is 0.119 e. The van der Waals surface area contributed by atoms with E-state index in [1.165, 1.54) is 6.08 Å². The van der Waals surface area contributed by atoms with Crippen LogP contribution in [0, 0.1) is 5.41 Å². The molecular weight excluding hydrogens is 164 g/mol. The highest BCUT2D eigenvalue weighted by molar-refractivity contribution is 5.81. The second-order valence-corrected chi connectivity index (χ2v) is 2.52. The molecule has 68 valence electrons. The van der Waals surface area contributed by atoms with Crippen LogP contribution in [0.2, 0.25) is 0 Å². The molecule has 3 heteroatoms. The summed E-state index contributed by atoms with van der Waals surface area (Å²) in [6.45, 7) is 0. The lowest BCUT2D eigenvalue weighted by molar-refractivity contribution is 0.414. The minimum atomic E-state index is 0.564. The molecule has 13 heavy (non-hydrogen) atoms. The van der Waals surface area contributed by atoms with Crippen LogP contribution in [0.5, 0.6) is 5.75 Å². The van der Waals surface area contributed by atoms with E-state index in [0.29, 0.717) is 5.70 Å². The molecule has 1 aromatic rings. The van der Waals surface area contributed by atoms with Crippen molar-refractivity contribution in [1.82, 2.24) is 0 Å². The van der Waals surface area contributed by atoms with Gasteiger partial charge in [0.1, 0.15) is 5.75 Å².